The minimum atomic E-state index is -0.353. The number of hydrogen-bond acceptors (Lipinski definition) is 2. The second-order valence-electron chi connectivity index (χ2n) is 2.64. The van der Waals surface area contributed by atoms with E-state index < -0.39 is 0 Å². The van der Waals surface area contributed by atoms with Crippen LogP contribution in [0, 0.1) is 27.5 Å². The van der Waals surface area contributed by atoms with Crippen LogP contribution in [0.2, 0.25) is 0 Å². The summed E-state index contributed by atoms with van der Waals surface area (Å²) in [5.74, 6) is 0. The zero-order valence-electron chi connectivity index (χ0n) is 6.80. The third-order valence-electron chi connectivity index (χ3n) is 1.76. The van der Waals surface area contributed by atoms with Gasteiger partial charge in [0.05, 0.1) is 8.49 Å². The van der Waals surface area contributed by atoms with E-state index in [2.05, 4.69) is 0 Å². The van der Waals surface area contributed by atoms with Crippen LogP contribution in [0.15, 0.2) is 12.1 Å². The van der Waals surface area contributed by atoms with Gasteiger partial charge in [0, 0.05) is 6.07 Å². The molecule has 1 rings (SSSR count). The Morgan fingerprint density at radius 2 is 1.83 bits per heavy atom. The van der Waals surface area contributed by atoms with Gasteiger partial charge in [0.2, 0.25) is 0 Å². The molecule has 3 nitrogen and oxygen atoms in total. The van der Waals surface area contributed by atoms with Crippen LogP contribution in [0.5, 0.6) is 0 Å². The Morgan fingerprint density at radius 1 is 1.33 bits per heavy atom. The second-order valence-corrected chi connectivity index (χ2v) is 3.81. The fraction of sp³-hybridized carbons (Fsp3) is 0.250. The van der Waals surface area contributed by atoms with Crippen molar-refractivity contribution >= 4 is 28.3 Å². The molecule has 0 aromatic heterocycles. The predicted octanol–water partition coefficient (Wildman–Crippen LogP) is 2.82. The minimum Gasteiger partial charge on any atom is -0.258 e. The van der Waals surface area contributed by atoms with Crippen molar-refractivity contribution in [1.82, 2.24) is 0 Å². The molecular weight excluding hydrogens is 269 g/mol. The van der Waals surface area contributed by atoms with Crippen molar-refractivity contribution in [3.05, 3.63) is 36.9 Å². The Bertz CT molecular complexity index is 336. The number of nitro benzene ring substituents is 1. The Balaban J connectivity index is 3.33. The molecule has 0 saturated carbocycles. The lowest BCUT2D eigenvalue weighted by Gasteiger charge is -2.00. The second kappa shape index (κ2) is 3.38. The SMILES string of the molecule is Cc1cc(I)c([N+](=O)[O-])cc1C. The number of benzene rings is 1. The third kappa shape index (κ3) is 1.74. The standard InChI is InChI=1S/C8H8INO2/c1-5-3-7(9)8(10(11)12)4-6(5)2/h3-4H,1-2H3. The molecule has 0 radical (unpaired) electrons. The quantitative estimate of drug-likeness (QED) is 0.450. The summed E-state index contributed by atoms with van der Waals surface area (Å²) in [4.78, 5) is 10.1. The van der Waals surface area contributed by atoms with E-state index in [1.54, 1.807) is 6.07 Å². The highest BCUT2D eigenvalue weighted by atomic mass is 127. The van der Waals surface area contributed by atoms with Gasteiger partial charge in [-0.3, -0.25) is 10.1 Å². The first-order chi connectivity index (χ1) is 5.52. The summed E-state index contributed by atoms with van der Waals surface area (Å²) >= 11 is 1.98. The van der Waals surface area contributed by atoms with Crippen LogP contribution in [0.25, 0.3) is 0 Å². The first-order valence-corrected chi connectivity index (χ1v) is 4.51. The topological polar surface area (TPSA) is 43.1 Å². The first kappa shape index (κ1) is 9.44. The molecule has 0 unspecified atom stereocenters. The van der Waals surface area contributed by atoms with E-state index in [1.807, 2.05) is 42.5 Å². The maximum atomic E-state index is 10.5. The van der Waals surface area contributed by atoms with Crippen LogP contribution in [-0.2, 0) is 0 Å². The van der Waals surface area contributed by atoms with Crippen molar-refractivity contribution in [1.29, 1.82) is 0 Å². The Hall–Kier alpha value is -0.650. The molecule has 0 aliphatic rings. The molecule has 0 heterocycles. The summed E-state index contributed by atoms with van der Waals surface area (Å²) in [5.41, 5.74) is 2.24. The lowest BCUT2D eigenvalue weighted by molar-refractivity contribution is -0.385. The fourth-order valence-corrected chi connectivity index (χ4v) is 1.73. The number of aryl methyl sites for hydroxylation is 2. The minimum absolute atomic E-state index is 0.193. The maximum absolute atomic E-state index is 10.5. The van der Waals surface area contributed by atoms with Crippen molar-refractivity contribution in [3.8, 4) is 0 Å². The van der Waals surface area contributed by atoms with Crippen LogP contribution in [-0.4, -0.2) is 4.92 Å². The molecule has 12 heavy (non-hydrogen) atoms. The van der Waals surface area contributed by atoms with E-state index in [4.69, 9.17) is 0 Å². The molecule has 0 fully saturated rings. The number of hydrogen-bond donors (Lipinski definition) is 0. The summed E-state index contributed by atoms with van der Waals surface area (Å²) in [6.07, 6.45) is 0. The van der Waals surface area contributed by atoms with Gasteiger partial charge in [0.1, 0.15) is 0 Å². The van der Waals surface area contributed by atoms with Gasteiger partial charge in [0.15, 0.2) is 0 Å². The van der Waals surface area contributed by atoms with Crippen LogP contribution in [0.1, 0.15) is 11.1 Å². The summed E-state index contributed by atoms with van der Waals surface area (Å²) in [7, 11) is 0. The number of rotatable bonds is 1. The number of halogens is 1. The lowest BCUT2D eigenvalue weighted by Crippen LogP contribution is -1.93. The molecule has 0 aliphatic carbocycles. The van der Waals surface area contributed by atoms with Gasteiger partial charge in [-0.15, -0.1) is 0 Å². The van der Waals surface area contributed by atoms with Crippen LogP contribution in [0.4, 0.5) is 5.69 Å². The first-order valence-electron chi connectivity index (χ1n) is 3.43. The highest BCUT2D eigenvalue weighted by Gasteiger charge is 2.12. The van der Waals surface area contributed by atoms with Crippen molar-refractivity contribution in [3.63, 3.8) is 0 Å². The van der Waals surface area contributed by atoms with Gasteiger partial charge >= 0.3 is 0 Å². The molecule has 1 aromatic rings. The van der Waals surface area contributed by atoms with Crippen molar-refractivity contribution in [2.45, 2.75) is 13.8 Å². The average molecular weight is 277 g/mol. The largest absolute Gasteiger partial charge is 0.282 e. The Labute approximate surface area is 84.1 Å². The summed E-state index contributed by atoms with van der Waals surface area (Å²) in [6, 6.07) is 3.44. The maximum Gasteiger partial charge on any atom is 0.282 e. The summed E-state index contributed by atoms with van der Waals surface area (Å²) in [5, 5.41) is 10.5. The summed E-state index contributed by atoms with van der Waals surface area (Å²) < 4.78 is 0.695. The van der Waals surface area contributed by atoms with Gasteiger partial charge in [-0.25, -0.2) is 0 Å². The van der Waals surface area contributed by atoms with Crippen molar-refractivity contribution in [2.75, 3.05) is 0 Å². The van der Waals surface area contributed by atoms with Gasteiger partial charge in [-0.05, 0) is 53.6 Å². The Morgan fingerprint density at radius 3 is 2.33 bits per heavy atom. The molecule has 0 spiro atoms. The predicted molar refractivity (Wildman–Crippen MR) is 55.3 cm³/mol. The number of nitrogens with zero attached hydrogens (tertiary/aromatic N) is 1. The van der Waals surface area contributed by atoms with Crippen LogP contribution in [0.3, 0.4) is 0 Å². The zero-order chi connectivity index (χ0) is 9.30. The monoisotopic (exact) mass is 277 g/mol. The molecule has 0 bridgehead atoms. The van der Waals surface area contributed by atoms with Gasteiger partial charge < -0.3 is 0 Å². The molecule has 0 amide bonds. The van der Waals surface area contributed by atoms with E-state index in [-0.39, 0.29) is 10.6 Å². The van der Waals surface area contributed by atoms with Crippen molar-refractivity contribution in [2.24, 2.45) is 0 Å². The molecule has 4 heteroatoms. The van der Waals surface area contributed by atoms with E-state index in [9.17, 15) is 10.1 Å². The van der Waals surface area contributed by atoms with Crippen LogP contribution >= 0.6 is 22.6 Å². The van der Waals surface area contributed by atoms with E-state index >= 15 is 0 Å². The molecule has 0 aliphatic heterocycles. The van der Waals surface area contributed by atoms with E-state index in [0.717, 1.165) is 11.1 Å². The van der Waals surface area contributed by atoms with Crippen molar-refractivity contribution < 1.29 is 4.92 Å². The van der Waals surface area contributed by atoms with E-state index in [1.165, 1.54) is 0 Å². The molecule has 0 N–H and O–H groups in total. The molecule has 0 atom stereocenters. The third-order valence-corrected chi connectivity index (χ3v) is 2.62. The molecular formula is C8H8INO2. The van der Waals surface area contributed by atoms with Gasteiger partial charge in [-0.2, -0.15) is 0 Å². The van der Waals surface area contributed by atoms with E-state index in [0.29, 0.717) is 3.57 Å². The smallest absolute Gasteiger partial charge is 0.258 e. The lowest BCUT2D eigenvalue weighted by atomic mass is 10.1. The number of nitro groups is 1. The molecule has 64 valence electrons. The summed E-state index contributed by atoms with van der Waals surface area (Å²) in [6.45, 7) is 3.82. The Kier molecular flexibility index (Phi) is 2.66. The normalized spacial score (nSPS) is 9.92. The molecule has 1 aromatic carbocycles. The fourth-order valence-electron chi connectivity index (χ4n) is 0.906. The highest BCUT2D eigenvalue weighted by molar-refractivity contribution is 14.1. The van der Waals surface area contributed by atoms with Gasteiger partial charge in [-0.1, -0.05) is 0 Å². The molecule has 0 saturated heterocycles. The highest BCUT2D eigenvalue weighted by Crippen LogP contribution is 2.24. The van der Waals surface area contributed by atoms with Gasteiger partial charge in [0.25, 0.3) is 5.69 Å². The zero-order valence-corrected chi connectivity index (χ0v) is 8.95. The average Bonchev–Trinajstić information content (AvgIpc) is 1.96. The van der Waals surface area contributed by atoms with Crippen LogP contribution < -0.4 is 0 Å².